The molecule has 5 rings (SSSR count). The molecule has 2 N–H and O–H groups in total. The number of carbonyl (C=O) groups excluding carboxylic acids is 1. The fourth-order valence-electron chi connectivity index (χ4n) is 4.19. The Bertz CT molecular complexity index is 1120. The van der Waals surface area contributed by atoms with Crippen LogP contribution in [0.25, 0.3) is 11.4 Å². The molecule has 172 valence electrons. The van der Waals surface area contributed by atoms with Gasteiger partial charge in [0.05, 0.1) is 33.5 Å². The Kier molecular flexibility index (Phi) is 5.80. The van der Waals surface area contributed by atoms with Gasteiger partial charge in [0.1, 0.15) is 29.7 Å². The van der Waals surface area contributed by atoms with Gasteiger partial charge in [-0.25, -0.2) is 9.48 Å². The molecule has 3 aromatic rings. The lowest BCUT2D eigenvalue weighted by Crippen LogP contribution is -2.45. The van der Waals surface area contributed by atoms with Gasteiger partial charge >= 0.3 is 6.03 Å². The average molecular weight is 452 g/mol. The first kappa shape index (κ1) is 21.2. The standard InChI is InChI=1S/C22H24N6O5/c1-30-15-8-6-14(7-9-15)23-22(29)24-17-11-32-20-18(12-33-19(17)20)28-21(25-26-27-28)13-4-3-5-16(10-13)31-2/h3-10,17-20H,11-12H2,1-2H3,(H2,23,24,29)/t17-,18-,19+,20+/m0/s1. The van der Waals surface area contributed by atoms with E-state index in [-0.39, 0.29) is 30.3 Å². The van der Waals surface area contributed by atoms with Crippen LogP contribution in [0.1, 0.15) is 6.04 Å². The number of nitrogens with zero attached hydrogens (tertiary/aromatic N) is 4. The summed E-state index contributed by atoms with van der Waals surface area (Å²) in [5, 5.41) is 18.0. The second kappa shape index (κ2) is 9.04. The minimum Gasteiger partial charge on any atom is -0.497 e. The number of anilines is 1. The molecule has 33 heavy (non-hydrogen) atoms. The Morgan fingerprint density at radius 3 is 2.61 bits per heavy atom. The van der Waals surface area contributed by atoms with Gasteiger partial charge in [0.25, 0.3) is 0 Å². The summed E-state index contributed by atoms with van der Waals surface area (Å²) in [5.74, 6) is 2.03. The number of nitrogens with one attached hydrogen (secondary N) is 2. The molecule has 0 unspecified atom stereocenters. The van der Waals surface area contributed by atoms with Gasteiger partial charge in [0.15, 0.2) is 5.82 Å². The lowest BCUT2D eigenvalue weighted by Gasteiger charge is -2.18. The zero-order valence-electron chi connectivity index (χ0n) is 18.2. The normalized spacial score (nSPS) is 23.7. The highest BCUT2D eigenvalue weighted by Crippen LogP contribution is 2.36. The van der Waals surface area contributed by atoms with Gasteiger partial charge in [-0.3, -0.25) is 0 Å². The van der Waals surface area contributed by atoms with E-state index in [1.54, 1.807) is 43.2 Å². The van der Waals surface area contributed by atoms with Crippen LogP contribution in [0.15, 0.2) is 48.5 Å². The predicted molar refractivity (Wildman–Crippen MR) is 117 cm³/mol. The zero-order valence-corrected chi connectivity index (χ0v) is 18.2. The van der Waals surface area contributed by atoms with E-state index in [2.05, 4.69) is 26.2 Å². The fourth-order valence-corrected chi connectivity index (χ4v) is 4.19. The van der Waals surface area contributed by atoms with Crippen molar-refractivity contribution in [2.75, 3.05) is 32.8 Å². The largest absolute Gasteiger partial charge is 0.497 e. The van der Waals surface area contributed by atoms with Gasteiger partial charge < -0.3 is 29.6 Å². The highest BCUT2D eigenvalue weighted by molar-refractivity contribution is 5.89. The monoisotopic (exact) mass is 452 g/mol. The van der Waals surface area contributed by atoms with E-state index >= 15 is 0 Å². The van der Waals surface area contributed by atoms with Crippen LogP contribution >= 0.6 is 0 Å². The zero-order chi connectivity index (χ0) is 22.8. The minimum absolute atomic E-state index is 0.220. The Morgan fingerprint density at radius 1 is 1.03 bits per heavy atom. The van der Waals surface area contributed by atoms with E-state index in [0.29, 0.717) is 36.2 Å². The second-order valence-corrected chi connectivity index (χ2v) is 7.78. The van der Waals surface area contributed by atoms with Crippen LogP contribution in [0.5, 0.6) is 11.5 Å². The van der Waals surface area contributed by atoms with E-state index in [1.807, 2.05) is 24.3 Å². The van der Waals surface area contributed by atoms with Crippen LogP contribution in [-0.4, -0.2) is 71.9 Å². The van der Waals surface area contributed by atoms with Crippen molar-refractivity contribution in [3.05, 3.63) is 48.5 Å². The van der Waals surface area contributed by atoms with Crippen LogP contribution in [0.2, 0.25) is 0 Å². The third-order valence-corrected chi connectivity index (χ3v) is 5.83. The van der Waals surface area contributed by atoms with Crippen molar-refractivity contribution in [3.8, 4) is 22.9 Å². The molecule has 11 heteroatoms. The molecule has 2 fully saturated rings. The van der Waals surface area contributed by atoms with Gasteiger partial charge in [-0.1, -0.05) is 12.1 Å². The Hall–Kier alpha value is -3.70. The summed E-state index contributed by atoms with van der Waals surface area (Å²) in [7, 11) is 3.21. The number of carbonyl (C=O) groups is 1. The number of urea groups is 1. The molecule has 3 heterocycles. The highest BCUT2D eigenvalue weighted by Gasteiger charge is 2.50. The van der Waals surface area contributed by atoms with E-state index in [9.17, 15) is 4.79 Å². The Labute approximate surface area is 190 Å². The molecule has 0 radical (unpaired) electrons. The van der Waals surface area contributed by atoms with Gasteiger partial charge in [0, 0.05) is 11.3 Å². The maximum Gasteiger partial charge on any atom is 0.319 e. The molecule has 0 aliphatic carbocycles. The van der Waals surface area contributed by atoms with E-state index in [1.165, 1.54) is 0 Å². The number of rotatable bonds is 6. The maximum absolute atomic E-state index is 12.5. The number of benzene rings is 2. The number of ether oxygens (including phenoxy) is 4. The molecule has 4 atom stereocenters. The first-order chi connectivity index (χ1) is 16.2. The number of fused-ring (bicyclic) bond motifs is 1. The molecule has 2 saturated heterocycles. The molecule has 1 aromatic heterocycles. The molecule has 2 aliphatic heterocycles. The highest BCUT2D eigenvalue weighted by atomic mass is 16.6. The maximum atomic E-state index is 12.5. The lowest BCUT2D eigenvalue weighted by atomic mass is 10.1. The van der Waals surface area contributed by atoms with Crippen LogP contribution < -0.4 is 20.1 Å². The summed E-state index contributed by atoms with van der Waals surface area (Å²) < 4.78 is 24.2. The van der Waals surface area contributed by atoms with Crippen LogP contribution in [-0.2, 0) is 9.47 Å². The third kappa shape index (κ3) is 4.20. The van der Waals surface area contributed by atoms with Gasteiger partial charge in [0.2, 0.25) is 0 Å². The summed E-state index contributed by atoms with van der Waals surface area (Å²) in [5.41, 5.74) is 1.49. The van der Waals surface area contributed by atoms with Gasteiger partial charge in [-0.05, 0) is 46.8 Å². The Balaban J connectivity index is 1.25. The number of aromatic nitrogens is 4. The molecular weight excluding hydrogens is 428 g/mol. The average Bonchev–Trinajstić information content (AvgIpc) is 3.57. The van der Waals surface area contributed by atoms with Crippen LogP contribution in [0.4, 0.5) is 10.5 Å². The Morgan fingerprint density at radius 2 is 1.82 bits per heavy atom. The molecule has 0 spiro atoms. The van der Waals surface area contributed by atoms with Crippen LogP contribution in [0.3, 0.4) is 0 Å². The predicted octanol–water partition coefficient (Wildman–Crippen LogP) is 1.89. The number of methoxy groups -OCH3 is 2. The SMILES string of the molecule is COc1ccc(NC(=O)N[C@H]2CO[C@H]3[C@@H]2OC[C@@H]3n2nnnc2-c2cccc(OC)c2)cc1. The smallest absolute Gasteiger partial charge is 0.319 e. The van der Waals surface area contributed by atoms with Gasteiger partial charge in [-0.2, -0.15) is 0 Å². The van der Waals surface area contributed by atoms with Crippen molar-refractivity contribution in [3.63, 3.8) is 0 Å². The van der Waals surface area contributed by atoms with Gasteiger partial charge in [-0.15, -0.1) is 5.10 Å². The van der Waals surface area contributed by atoms with E-state index in [0.717, 1.165) is 5.56 Å². The fraction of sp³-hybridized carbons (Fsp3) is 0.364. The molecular formula is C22H24N6O5. The van der Waals surface area contributed by atoms with Crippen molar-refractivity contribution in [2.45, 2.75) is 24.3 Å². The van der Waals surface area contributed by atoms with Crippen LogP contribution in [0, 0.1) is 0 Å². The van der Waals surface area contributed by atoms with Crippen molar-refractivity contribution < 1.29 is 23.7 Å². The van der Waals surface area contributed by atoms with Crippen molar-refractivity contribution in [2.24, 2.45) is 0 Å². The molecule has 0 saturated carbocycles. The van der Waals surface area contributed by atoms with Crippen molar-refractivity contribution >= 4 is 11.7 Å². The molecule has 2 amide bonds. The van der Waals surface area contributed by atoms with E-state index < -0.39 is 0 Å². The van der Waals surface area contributed by atoms with Crippen molar-refractivity contribution in [1.29, 1.82) is 0 Å². The lowest BCUT2D eigenvalue weighted by molar-refractivity contribution is 0.0624. The number of tetrazole rings is 1. The summed E-state index contributed by atoms with van der Waals surface area (Å²) in [6.07, 6.45) is -0.594. The molecule has 0 bridgehead atoms. The third-order valence-electron chi connectivity index (χ3n) is 5.83. The quantitative estimate of drug-likeness (QED) is 0.582. The topological polar surface area (TPSA) is 122 Å². The molecule has 2 aromatic carbocycles. The van der Waals surface area contributed by atoms with E-state index in [4.69, 9.17) is 18.9 Å². The first-order valence-electron chi connectivity index (χ1n) is 10.5. The molecule has 11 nitrogen and oxygen atoms in total. The summed E-state index contributed by atoms with van der Waals surface area (Å²) in [6, 6.07) is 13.8. The number of hydrogen-bond acceptors (Lipinski definition) is 8. The number of amides is 2. The summed E-state index contributed by atoms with van der Waals surface area (Å²) in [6.45, 7) is 0.702. The first-order valence-corrected chi connectivity index (χ1v) is 10.5. The summed E-state index contributed by atoms with van der Waals surface area (Å²) in [4.78, 5) is 12.5. The molecule has 2 aliphatic rings. The number of hydrogen-bond donors (Lipinski definition) is 2. The summed E-state index contributed by atoms with van der Waals surface area (Å²) >= 11 is 0. The van der Waals surface area contributed by atoms with Crippen molar-refractivity contribution in [1.82, 2.24) is 25.5 Å². The second-order valence-electron chi connectivity index (χ2n) is 7.78. The minimum atomic E-state index is -0.332.